The van der Waals surface area contributed by atoms with Crippen molar-refractivity contribution in [2.45, 2.75) is 18.9 Å². The van der Waals surface area contributed by atoms with Crippen molar-refractivity contribution in [3.63, 3.8) is 0 Å². The van der Waals surface area contributed by atoms with Crippen molar-refractivity contribution < 1.29 is 4.74 Å². The fourth-order valence-electron chi connectivity index (χ4n) is 2.89. The number of ether oxygens (including phenoxy) is 1. The molecule has 0 aliphatic heterocycles. The van der Waals surface area contributed by atoms with E-state index in [1.54, 1.807) is 13.2 Å². The number of benzene rings is 1. The first-order chi connectivity index (χ1) is 9.72. The molecule has 1 aromatic carbocycles. The molecule has 1 aromatic rings. The highest BCUT2D eigenvalue weighted by atomic mass is 16.5. The van der Waals surface area contributed by atoms with Crippen LogP contribution in [0.2, 0.25) is 0 Å². The van der Waals surface area contributed by atoms with Gasteiger partial charge in [0.05, 0.1) is 18.7 Å². The van der Waals surface area contributed by atoms with Crippen LogP contribution in [0.3, 0.4) is 0 Å². The maximum atomic E-state index is 9.03. The van der Waals surface area contributed by atoms with E-state index < -0.39 is 0 Å². The average molecular weight is 266 g/mol. The van der Waals surface area contributed by atoms with Gasteiger partial charge in [-0.3, -0.25) is 0 Å². The number of methoxy groups -OCH3 is 1. The standard InChI is InChI=1S/C17H18N2O/c1-20-17-7-2-11(10-18)8-15(17)13-5-3-12(4-6-13)14-9-16(14)19/h2-3,5-8,12,14,16H,4,9,19H2,1H3/t12?,14-,16+/m1/s1. The SMILES string of the molecule is COc1ccc(C#N)cc1C1=CCC([C@H]2C[C@@H]2N)C=C1. The normalized spacial score (nSPS) is 27.6. The average Bonchev–Trinajstić information content (AvgIpc) is 3.23. The predicted octanol–water partition coefficient (Wildman–Crippen LogP) is 2.87. The molecule has 2 N–H and O–H groups in total. The molecule has 3 atom stereocenters. The minimum absolute atomic E-state index is 0.385. The summed E-state index contributed by atoms with van der Waals surface area (Å²) in [7, 11) is 1.66. The highest BCUT2D eigenvalue weighted by Crippen LogP contribution is 2.41. The highest BCUT2D eigenvalue weighted by molar-refractivity contribution is 5.79. The zero-order chi connectivity index (χ0) is 14.1. The van der Waals surface area contributed by atoms with Crippen LogP contribution < -0.4 is 10.5 Å². The van der Waals surface area contributed by atoms with Crippen molar-refractivity contribution >= 4 is 5.57 Å². The van der Waals surface area contributed by atoms with E-state index in [2.05, 4.69) is 24.3 Å². The van der Waals surface area contributed by atoms with Gasteiger partial charge in [0, 0.05) is 11.6 Å². The molecule has 1 saturated carbocycles. The van der Waals surface area contributed by atoms with E-state index >= 15 is 0 Å². The second kappa shape index (κ2) is 5.15. The molecule has 0 aromatic heterocycles. The fraction of sp³-hybridized carbons (Fsp3) is 0.353. The molecule has 3 nitrogen and oxygen atoms in total. The molecular formula is C17H18N2O. The maximum Gasteiger partial charge on any atom is 0.126 e. The summed E-state index contributed by atoms with van der Waals surface area (Å²) in [6, 6.07) is 8.08. The molecule has 0 radical (unpaired) electrons. The first-order valence-electron chi connectivity index (χ1n) is 6.95. The molecule has 0 heterocycles. The van der Waals surface area contributed by atoms with Crippen molar-refractivity contribution in [3.05, 3.63) is 47.6 Å². The third kappa shape index (κ3) is 2.35. The third-order valence-electron chi connectivity index (χ3n) is 4.21. The van der Waals surface area contributed by atoms with Gasteiger partial charge in [0.2, 0.25) is 0 Å². The summed E-state index contributed by atoms with van der Waals surface area (Å²) in [5.41, 5.74) is 8.69. The van der Waals surface area contributed by atoms with E-state index in [9.17, 15) is 0 Å². The van der Waals surface area contributed by atoms with Gasteiger partial charge in [-0.25, -0.2) is 0 Å². The van der Waals surface area contributed by atoms with E-state index in [0.29, 0.717) is 23.4 Å². The minimum atomic E-state index is 0.385. The number of nitrogens with zero attached hydrogens (tertiary/aromatic N) is 1. The molecule has 0 bridgehead atoms. The molecule has 2 aliphatic carbocycles. The summed E-state index contributed by atoms with van der Waals surface area (Å²) >= 11 is 0. The Morgan fingerprint density at radius 1 is 1.40 bits per heavy atom. The number of hydrogen-bond acceptors (Lipinski definition) is 3. The van der Waals surface area contributed by atoms with Crippen LogP contribution in [-0.2, 0) is 0 Å². The van der Waals surface area contributed by atoms with Gasteiger partial charge in [-0.2, -0.15) is 5.26 Å². The molecular weight excluding hydrogens is 248 g/mol. The molecule has 0 amide bonds. The summed E-state index contributed by atoms with van der Waals surface area (Å²) in [5, 5.41) is 9.03. The molecule has 3 rings (SSSR count). The van der Waals surface area contributed by atoms with Crippen LogP contribution in [0.15, 0.2) is 36.4 Å². The number of nitriles is 1. The van der Waals surface area contributed by atoms with Crippen LogP contribution in [0.1, 0.15) is 24.0 Å². The van der Waals surface area contributed by atoms with Crippen molar-refractivity contribution in [2.75, 3.05) is 7.11 Å². The fourth-order valence-corrected chi connectivity index (χ4v) is 2.89. The molecule has 2 aliphatic rings. The lowest BCUT2D eigenvalue weighted by Crippen LogP contribution is -2.10. The molecule has 1 fully saturated rings. The number of rotatable bonds is 3. The van der Waals surface area contributed by atoms with Gasteiger partial charge < -0.3 is 10.5 Å². The van der Waals surface area contributed by atoms with Gasteiger partial charge in [-0.05, 0) is 48.4 Å². The lowest BCUT2D eigenvalue weighted by molar-refractivity contribution is 0.413. The van der Waals surface area contributed by atoms with Gasteiger partial charge in [0.25, 0.3) is 0 Å². The third-order valence-corrected chi connectivity index (χ3v) is 4.21. The van der Waals surface area contributed by atoms with Gasteiger partial charge in [-0.1, -0.05) is 18.2 Å². The van der Waals surface area contributed by atoms with Crippen molar-refractivity contribution in [3.8, 4) is 11.8 Å². The van der Waals surface area contributed by atoms with E-state index in [1.165, 1.54) is 0 Å². The zero-order valence-corrected chi connectivity index (χ0v) is 11.5. The molecule has 0 saturated heterocycles. The Kier molecular flexibility index (Phi) is 3.33. The lowest BCUT2D eigenvalue weighted by Gasteiger charge is -2.17. The highest BCUT2D eigenvalue weighted by Gasteiger charge is 2.39. The Labute approximate surface area is 119 Å². The number of nitrogens with two attached hydrogens (primary N) is 1. The van der Waals surface area contributed by atoms with Crippen LogP contribution in [0.4, 0.5) is 0 Å². The summed E-state index contributed by atoms with van der Waals surface area (Å²) in [6.07, 6.45) is 8.79. The van der Waals surface area contributed by atoms with Crippen molar-refractivity contribution in [1.29, 1.82) is 5.26 Å². The maximum absolute atomic E-state index is 9.03. The van der Waals surface area contributed by atoms with E-state index in [1.807, 2.05) is 12.1 Å². The lowest BCUT2D eigenvalue weighted by atomic mass is 9.89. The zero-order valence-electron chi connectivity index (χ0n) is 11.5. The minimum Gasteiger partial charge on any atom is -0.496 e. The predicted molar refractivity (Wildman–Crippen MR) is 79.0 cm³/mol. The van der Waals surface area contributed by atoms with E-state index in [-0.39, 0.29) is 0 Å². The Bertz CT molecular complexity index is 624. The summed E-state index contributed by atoms with van der Waals surface area (Å²) in [6.45, 7) is 0. The van der Waals surface area contributed by atoms with E-state index in [4.69, 9.17) is 15.7 Å². The molecule has 1 unspecified atom stereocenters. The first kappa shape index (κ1) is 13.0. The quantitative estimate of drug-likeness (QED) is 0.915. The van der Waals surface area contributed by atoms with Crippen LogP contribution in [-0.4, -0.2) is 13.2 Å². The largest absolute Gasteiger partial charge is 0.496 e. The smallest absolute Gasteiger partial charge is 0.126 e. The Morgan fingerprint density at radius 3 is 2.75 bits per heavy atom. The van der Waals surface area contributed by atoms with Gasteiger partial charge in [-0.15, -0.1) is 0 Å². The van der Waals surface area contributed by atoms with Crippen LogP contribution in [0.5, 0.6) is 5.75 Å². The second-order valence-corrected chi connectivity index (χ2v) is 5.51. The van der Waals surface area contributed by atoms with Crippen LogP contribution in [0.25, 0.3) is 5.57 Å². The van der Waals surface area contributed by atoms with E-state index in [0.717, 1.165) is 29.7 Å². The Morgan fingerprint density at radius 2 is 2.20 bits per heavy atom. The summed E-state index contributed by atoms with van der Waals surface area (Å²) < 4.78 is 5.40. The van der Waals surface area contributed by atoms with Gasteiger partial charge in [0.1, 0.15) is 5.75 Å². The molecule has 20 heavy (non-hydrogen) atoms. The second-order valence-electron chi connectivity index (χ2n) is 5.51. The van der Waals surface area contributed by atoms with Crippen LogP contribution in [0, 0.1) is 23.2 Å². The van der Waals surface area contributed by atoms with Gasteiger partial charge >= 0.3 is 0 Å². The molecule has 3 heteroatoms. The molecule has 0 spiro atoms. The number of allylic oxidation sites excluding steroid dienone is 4. The molecule has 102 valence electrons. The van der Waals surface area contributed by atoms with Crippen molar-refractivity contribution in [2.24, 2.45) is 17.6 Å². The summed E-state index contributed by atoms with van der Waals surface area (Å²) in [5.74, 6) is 2.02. The van der Waals surface area contributed by atoms with Gasteiger partial charge in [0.15, 0.2) is 0 Å². The van der Waals surface area contributed by atoms with Crippen LogP contribution >= 0.6 is 0 Å². The Hall–Kier alpha value is -2.05. The van der Waals surface area contributed by atoms with Crippen molar-refractivity contribution in [1.82, 2.24) is 0 Å². The topological polar surface area (TPSA) is 59.0 Å². The Balaban J connectivity index is 1.85. The number of hydrogen-bond donors (Lipinski definition) is 1. The first-order valence-corrected chi connectivity index (χ1v) is 6.95. The monoisotopic (exact) mass is 266 g/mol. The summed E-state index contributed by atoms with van der Waals surface area (Å²) in [4.78, 5) is 0.